The quantitative estimate of drug-likeness (QED) is 0.708. The van der Waals surface area contributed by atoms with E-state index in [1.54, 1.807) is 6.20 Å². The van der Waals surface area contributed by atoms with Crippen LogP contribution < -0.4 is 5.73 Å². The van der Waals surface area contributed by atoms with Crippen LogP contribution in [0.2, 0.25) is 0 Å². The summed E-state index contributed by atoms with van der Waals surface area (Å²) in [5.41, 5.74) is 6.84. The third-order valence-corrected chi connectivity index (χ3v) is 2.95. The predicted octanol–water partition coefficient (Wildman–Crippen LogP) is -0.902. The van der Waals surface area contributed by atoms with Crippen LogP contribution in [0.15, 0.2) is 12.5 Å². The number of carbonyl (C=O) groups excluding carboxylic acids is 1. The van der Waals surface area contributed by atoms with Crippen molar-refractivity contribution in [1.82, 2.24) is 19.6 Å². The zero-order chi connectivity index (χ0) is 12.7. The van der Waals surface area contributed by atoms with Crippen molar-refractivity contribution in [1.29, 1.82) is 0 Å². The Morgan fingerprint density at radius 3 is 3.11 bits per heavy atom. The van der Waals surface area contributed by atoms with Gasteiger partial charge in [-0.25, -0.2) is 9.97 Å². The molecule has 0 saturated carbocycles. The van der Waals surface area contributed by atoms with Gasteiger partial charge in [0.15, 0.2) is 11.4 Å². The van der Waals surface area contributed by atoms with Crippen LogP contribution >= 0.6 is 0 Å². The molecule has 0 spiro atoms. The van der Waals surface area contributed by atoms with E-state index in [0.717, 1.165) is 0 Å². The summed E-state index contributed by atoms with van der Waals surface area (Å²) in [4.78, 5) is 19.4. The van der Waals surface area contributed by atoms with E-state index >= 15 is 0 Å². The molecule has 1 fully saturated rings. The van der Waals surface area contributed by atoms with Crippen LogP contribution in [-0.2, 0) is 9.53 Å². The van der Waals surface area contributed by atoms with Crippen molar-refractivity contribution in [2.24, 2.45) is 0 Å². The smallest absolute Gasteiger partial charge is 0.224 e. The predicted molar refractivity (Wildman–Crippen MR) is 59.5 cm³/mol. The number of aromatic nitrogens is 4. The molecule has 0 amide bonds. The molecular weight excluding hydrogens is 238 g/mol. The molecule has 0 bridgehead atoms. The maximum atomic E-state index is 11.5. The van der Waals surface area contributed by atoms with Crippen LogP contribution in [0.5, 0.6) is 0 Å². The number of carbonyl (C=O) groups is 1. The lowest BCUT2D eigenvalue weighted by atomic mass is 10.1. The second-order valence-electron chi connectivity index (χ2n) is 4.03. The maximum Gasteiger partial charge on any atom is 0.224 e. The third-order valence-electron chi connectivity index (χ3n) is 2.95. The van der Waals surface area contributed by atoms with E-state index in [9.17, 15) is 4.79 Å². The minimum absolute atomic E-state index is 0.121. The van der Waals surface area contributed by atoms with Crippen molar-refractivity contribution in [3.63, 3.8) is 0 Å². The van der Waals surface area contributed by atoms with Crippen LogP contribution in [0.25, 0.3) is 5.65 Å². The van der Waals surface area contributed by atoms with Crippen LogP contribution in [0.3, 0.4) is 0 Å². The summed E-state index contributed by atoms with van der Waals surface area (Å²) in [5, 5.41) is 13.0. The van der Waals surface area contributed by atoms with Crippen LogP contribution in [0.1, 0.15) is 18.1 Å². The zero-order valence-corrected chi connectivity index (χ0v) is 9.35. The molecule has 18 heavy (non-hydrogen) atoms. The second-order valence-corrected chi connectivity index (χ2v) is 4.03. The molecule has 94 valence electrons. The number of nitrogen functional groups attached to an aromatic ring is 1. The summed E-state index contributed by atoms with van der Waals surface area (Å²) in [6, 6.07) is 0. The molecule has 2 unspecified atom stereocenters. The monoisotopic (exact) mass is 249 g/mol. The molecule has 1 saturated heterocycles. The number of aliphatic hydroxyl groups excluding tert-OH is 1. The van der Waals surface area contributed by atoms with E-state index in [0.29, 0.717) is 11.2 Å². The number of nitrogens with two attached hydrogens (primary N) is 1. The number of hydrogen-bond acceptors (Lipinski definition) is 7. The van der Waals surface area contributed by atoms with Gasteiger partial charge < -0.3 is 15.6 Å². The fraction of sp³-hybridized carbons (Fsp3) is 0.400. The summed E-state index contributed by atoms with van der Waals surface area (Å²) >= 11 is 0. The van der Waals surface area contributed by atoms with E-state index in [4.69, 9.17) is 15.6 Å². The van der Waals surface area contributed by atoms with E-state index < -0.39 is 12.2 Å². The summed E-state index contributed by atoms with van der Waals surface area (Å²) in [6.07, 6.45) is 1.88. The first kappa shape index (κ1) is 11.1. The number of anilines is 1. The molecule has 8 nitrogen and oxygen atoms in total. The van der Waals surface area contributed by atoms with Crippen molar-refractivity contribution in [2.45, 2.75) is 18.6 Å². The number of aliphatic hydroxyl groups is 1. The van der Waals surface area contributed by atoms with Gasteiger partial charge in [-0.15, -0.1) is 0 Å². The number of ether oxygens (including phenoxy) is 1. The second kappa shape index (κ2) is 4.00. The Hall–Kier alpha value is -2.06. The molecule has 8 heteroatoms. The Kier molecular flexibility index (Phi) is 2.46. The Morgan fingerprint density at radius 2 is 2.39 bits per heavy atom. The normalized spacial score (nSPS) is 23.9. The SMILES string of the molecule is Nc1ncnc2c(C3CC(=O)C(CO)O3)cnn12. The van der Waals surface area contributed by atoms with Gasteiger partial charge in [0.1, 0.15) is 12.4 Å². The van der Waals surface area contributed by atoms with Gasteiger partial charge in [0.2, 0.25) is 5.95 Å². The molecule has 3 rings (SSSR count). The molecule has 0 aromatic carbocycles. The summed E-state index contributed by atoms with van der Waals surface area (Å²) in [5.74, 6) is 0.0955. The zero-order valence-electron chi connectivity index (χ0n) is 9.35. The van der Waals surface area contributed by atoms with E-state index in [1.165, 1.54) is 10.8 Å². The lowest BCUT2D eigenvalue weighted by molar-refractivity contribution is -0.124. The highest BCUT2D eigenvalue weighted by molar-refractivity contribution is 5.85. The van der Waals surface area contributed by atoms with Crippen molar-refractivity contribution in [3.05, 3.63) is 18.1 Å². The van der Waals surface area contributed by atoms with Crippen molar-refractivity contribution < 1.29 is 14.6 Å². The van der Waals surface area contributed by atoms with E-state index in [-0.39, 0.29) is 24.8 Å². The first-order valence-corrected chi connectivity index (χ1v) is 5.44. The Bertz CT molecular complexity index is 611. The molecule has 0 radical (unpaired) electrons. The number of Topliss-reactive ketones (excluding diaryl/α,β-unsaturated/α-hetero) is 1. The van der Waals surface area contributed by atoms with Gasteiger partial charge in [-0.2, -0.15) is 9.61 Å². The molecule has 2 atom stereocenters. The van der Waals surface area contributed by atoms with E-state index in [2.05, 4.69) is 15.1 Å². The van der Waals surface area contributed by atoms with Gasteiger partial charge in [0.25, 0.3) is 0 Å². The molecule has 3 N–H and O–H groups in total. The number of rotatable bonds is 2. The van der Waals surface area contributed by atoms with Gasteiger partial charge in [-0.3, -0.25) is 4.79 Å². The summed E-state index contributed by atoms with van der Waals surface area (Å²) < 4.78 is 6.85. The molecule has 2 aromatic rings. The minimum Gasteiger partial charge on any atom is -0.393 e. The standard InChI is InChI=1S/C10H11N5O3/c11-10-13-4-12-9-5(2-14-15(9)10)7-1-6(17)8(3-16)18-7/h2,4,7-8,16H,1,3H2,(H2,11,12,13). The highest BCUT2D eigenvalue weighted by atomic mass is 16.5. The highest BCUT2D eigenvalue weighted by Gasteiger charge is 2.35. The first-order valence-electron chi connectivity index (χ1n) is 5.44. The Labute approximate surface area is 101 Å². The average molecular weight is 249 g/mol. The van der Waals surface area contributed by atoms with Crippen molar-refractivity contribution in [2.75, 3.05) is 12.3 Å². The van der Waals surface area contributed by atoms with Crippen LogP contribution in [0.4, 0.5) is 5.95 Å². The topological polar surface area (TPSA) is 116 Å². The van der Waals surface area contributed by atoms with Crippen molar-refractivity contribution in [3.8, 4) is 0 Å². The number of fused-ring (bicyclic) bond motifs is 1. The largest absolute Gasteiger partial charge is 0.393 e. The van der Waals surface area contributed by atoms with Crippen molar-refractivity contribution >= 4 is 17.4 Å². The summed E-state index contributed by atoms with van der Waals surface area (Å²) in [6.45, 7) is -0.314. The first-order chi connectivity index (χ1) is 8.70. The van der Waals surface area contributed by atoms with E-state index in [1.807, 2.05) is 0 Å². The molecule has 1 aliphatic heterocycles. The summed E-state index contributed by atoms with van der Waals surface area (Å²) in [7, 11) is 0. The maximum absolute atomic E-state index is 11.5. The van der Waals surface area contributed by atoms with Crippen LogP contribution in [0, 0.1) is 0 Å². The molecule has 1 aliphatic rings. The lowest BCUT2D eigenvalue weighted by Gasteiger charge is -2.08. The lowest BCUT2D eigenvalue weighted by Crippen LogP contribution is -2.19. The molecular formula is C10H11N5O3. The fourth-order valence-electron chi connectivity index (χ4n) is 2.04. The van der Waals surface area contributed by atoms with Gasteiger partial charge in [-0.1, -0.05) is 0 Å². The number of hydrogen-bond donors (Lipinski definition) is 2. The number of nitrogens with zero attached hydrogens (tertiary/aromatic N) is 4. The Balaban J connectivity index is 2.01. The highest BCUT2D eigenvalue weighted by Crippen LogP contribution is 2.32. The molecule has 3 heterocycles. The third kappa shape index (κ3) is 1.54. The van der Waals surface area contributed by atoms with Crippen LogP contribution in [-0.4, -0.2) is 43.2 Å². The molecule has 0 aliphatic carbocycles. The van der Waals surface area contributed by atoms with Gasteiger partial charge in [0.05, 0.1) is 18.9 Å². The fourth-order valence-corrected chi connectivity index (χ4v) is 2.04. The number of ketones is 1. The molecule has 2 aromatic heterocycles. The Morgan fingerprint density at radius 1 is 1.56 bits per heavy atom. The van der Waals surface area contributed by atoms with Gasteiger partial charge >= 0.3 is 0 Å². The minimum atomic E-state index is -0.760. The average Bonchev–Trinajstić information content (AvgIpc) is 2.93. The van der Waals surface area contributed by atoms with Gasteiger partial charge in [0, 0.05) is 12.0 Å². The van der Waals surface area contributed by atoms with Gasteiger partial charge in [-0.05, 0) is 0 Å².